The molecule has 3 heteroatoms. The topological polar surface area (TPSA) is 46.5 Å². The number of rotatable bonds is 5. The van der Waals surface area contributed by atoms with Gasteiger partial charge in [0, 0.05) is 0 Å². The Morgan fingerprint density at radius 2 is 1.94 bits per heavy atom. The lowest BCUT2D eigenvalue weighted by atomic mass is 10.0. The Balaban J connectivity index is 2.71. The molecule has 0 amide bonds. The van der Waals surface area contributed by atoms with E-state index in [2.05, 4.69) is 0 Å². The summed E-state index contributed by atoms with van der Waals surface area (Å²) in [4.78, 5) is 11.4. The van der Waals surface area contributed by atoms with Crippen LogP contribution in [-0.2, 0) is 4.74 Å². The Hall–Kier alpha value is -1.35. The quantitative estimate of drug-likeness (QED) is 0.779. The van der Waals surface area contributed by atoms with Gasteiger partial charge in [-0.05, 0) is 31.0 Å². The number of benzene rings is 1. The lowest BCUT2D eigenvalue weighted by molar-refractivity contribution is 0.0526. The average molecular weight is 222 g/mol. The maximum atomic E-state index is 11.4. The van der Waals surface area contributed by atoms with Crippen LogP contribution in [0.4, 0.5) is 0 Å². The molecule has 0 aliphatic heterocycles. The highest BCUT2D eigenvalue weighted by molar-refractivity contribution is 5.89. The van der Waals surface area contributed by atoms with Crippen LogP contribution in [0.25, 0.3) is 0 Å². The van der Waals surface area contributed by atoms with Crippen molar-refractivity contribution in [3.05, 3.63) is 35.4 Å². The summed E-state index contributed by atoms with van der Waals surface area (Å²) in [7, 11) is 0. The summed E-state index contributed by atoms with van der Waals surface area (Å²) in [6, 6.07) is 6.91. The second-order valence-electron chi connectivity index (χ2n) is 3.65. The van der Waals surface area contributed by atoms with Crippen molar-refractivity contribution in [1.29, 1.82) is 0 Å². The monoisotopic (exact) mass is 222 g/mol. The Kier molecular flexibility index (Phi) is 4.99. The molecule has 0 radical (unpaired) electrons. The summed E-state index contributed by atoms with van der Waals surface area (Å²) in [5.74, 6) is -0.320. The SMILES string of the molecule is CCC[C@H](O)c1ccc(C(=O)OCC)cc1. The fraction of sp³-hybridized carbons (Fsp3) is 0.462. The molecule has 16 heavy (non-hydrogen) atoms. The number of ether oxygens (including phenoxy) is 1. The third-order valence-electron chi connectivity index (χ3n) is 2.37. The van der Waals surface area contributed by atoms with Crippen molar-refractivity contribution in [3.63, 3.8) is 0 Å². The number of aliphatic hydroxyl groups excluding tert-OH is 1. The third kappa shape index (κ3) is 3.35. The first kappa shape index (κ1) is 12.7. The number of carbonyl (C=O) groups excluding carboxylic acids is 1. The fourth-order valence-corrected chi connectivity index (χ4v) is 1.50. The van der Waals surface area contributed by atoms with Gasteiger partial charge in [0.1, 0.15) is 0 Å². The Labute approximate surface area is 96.1 Å². The van der Waals surface area contributed by atoms with E-state index in [0.717, 1.165) is 18.4 Å². The van der Waals surface area contributed by atoms with Crippen molar-refractivity contribution >= 4 is 5.97 Å². The molecular weight excluding hydrogens is 204 g/mol. The van der Waals surface area contributed by atoms with Crippen molar-refractivity contribution in [2.45, 2.75) is 32.8 Å². The van der Waals surface area contributed by atoms with Crippen molar-refractivity contribution in [2.24, 2.45) is 0 Å². The van der Waals surface area contributed by atoms with E-state index in [9.17, 15) is 9.90 Å². The smallest absolute Gasteiger partial charge is 0.338 e. The minimum absolute atomic E-state index is 0.320. The van der Waals surface area contributed by atoms with Crippen molar-refractivity contribution < 1.29 is 14.6 Å². The van der Waals surface area contributed by atoms with Gasteiger partial charge in [-0.2, -0.15) is 0 Å². The predicted molar refractivity (Wildman–Crippen MR) is 62.3 cm³/mol. The van der Waals surface area contributed by atoms with Gasteiger partial charge in [0.05, 0.1) is 18.3 Å². The van der Waals surface area contributed by atoms with Gasteiger partial charge in [0.25, 0.3) is 0 Å². The van der Waals surface area contributed by atoms with Crippen molar-refractivity contribution in [1.82, 2.24) is 0 Å². The van der Waals surface area contributed by atoms with E-state index in [1.54, 1.807) is 31.2 Å². The van der Waals surface area contributed by atoms with E-state index in [-0.39, 0.29) is 5.97 Å². The van der Waals surface area contributed by atoms with E-state index in [1.165, 1.54) is 0 Å². The summed E-state index contributed by atoms with van der Waals surface area (Å²) in [5, 5.41) is 9.74. The number of hydrogen-bond acceptors (Lipinski definition) is 3. The van der Waals surface area contributed by atoms with Crippen LogP contribution in [0, 0.1) is 0 Å². The molecule has 0 bridgehead atoms. The number of aliphatic hydroxyl groups is 1. The highest BCUT2D eigenvalue weighted by Crippen LogP contribution is 2.18. The maximum Gasteiger partial charge on any atom is 0.338 e. The minimum Gasteiger partial charge on any atom is -0.462 e. The molecule has 1 aromatic carbocycles. The molecule has 0 unspecified atom stereocenters. The minimum atomic E-state index is -0.443. The molecule has 1 N–H and O–H groups in total. The summed E-state index contributed by atoms with van der Waals surface area (Å²) in [6.07, 6.45) is 1.22. The molecule has 0 saturated carbocycles. The van der Waals surface area contributed by atoms with Gasteiger partial charge in [-0.1, -0.05) is 25.5 Å². The van der Waals surface area contributed by atoms with Crippen LogP contribution in [-0.4, -0.2) is 17.7 Å². The van der Waals surface area contributed by atoms with Gasteiger partial charge < -0.3 is 9.84 Å². The zero-order valence-corrected chi connectivity index (χ0v) is 9.77. The molecule has 0 aliphatic rings. The van der Waals surface area contributed by atoms with Crippen LogP contribution in [0.3, 0.4) is 0 Å². The van der Waals surface area contributed by atoms with E-state index in [1.807, 2.05) is 6.92 Å². The van der Waals surface area contributed by atoms with Crippen LogP contribution in [0.5, 0.6) is 0 Å². The summed E-state index contributed by atoms with van der Waals surface area (Å²) >= 11 is 0. The molecule has 0 aliphatic carbocycles. The molecule has 1 rings (SSSR count). The second kappa shape index (κ2) is 6.28. The highest BCUT2D eigenvalue weighted by atomic mass is 16.5. The molecule has 88 valence electrons. The number of esters is 1. The lowest BCUT2D eigenvalue weighted by Crippen LogP contribution is -2.05. The zero-order valence-electron chi connectivity index (χ0n) is 9.77. The molecular formula is C13H18O3. The molecule has 1 aromatic rings. The van der Waals surface area contributed by atoms with Gasteiger partial charge in [0.2, 0.25) is 0 Å². The molecule has 0 heterocycles. The van der Waals surface area contributed by atoms with Gasteiger partial charge in [0.15, 0.2) is 0 Å². The number of hydrogen-bond donors (Lipinski definition) is 1. The molecule has 3 nitrogen and oxygen atoms in total. The van der Waals surface area contributed by atoms with Gasteiger partial charge in [-0.3, -0.25) is 0 Å². The molecule has 0 aromatic heterocycles. The zero-order chi connectivity index (χ0) is 12.0. The van der Waals surface area contributed by atoms with Gasteiger partial charge >= 0.3 is 5.97 Å². The Morgan fingerprint density at radius 3 is 2.44 bits per heavy atom. The Bertz CT molecular complexity index is 330. The van der Waals surface area contributed by atoms with Crippen LogP contribution in [0.15, 0.2) is 24.3 Å². The van der Waals surface area contributed by atoms with Crippen LogP contribution < -0.4 is 0 Å². The lowest BCUT2D eigenvalue weighted by Gasteiger charge is -2.09. The second-order valence-corrected chi connectivity index (χ2v) is 3.65. The van der Waals surface area contributed by atoms with Crippen LogP contribution >= 0.6 is 0 Å². The first-order chi connectivity index (χ1) is 7.69. The highest BCUT2D eigenvalue weighted by Gasteiger charge is 2.09. The predicted octanol–water partition coefficient (Wildman–Crippen LogP) is 2.70. The van der Waals surface area contributed by atoms with E-state index in [0.29, 0.717) is 12.2 Å². The van der Waals surface area contributed by atoms with Crippen LogP contribution in [0.2, 0.25) is 0 Å². The normalized spacial score (nSPS) is 12.2. The van der Waals surface area contributed by atoms with Gasteiger partial charge in [-0.25, -0.2) is 4.79 Å². The largest absolute Gasteiger partial charge is 0.462 e. The third-order valence-corrected chi connectivity index (χ3v) is 2.37. The first-order valence-electron chi connectivity index (χ1n) is 5.64. The first-order valence-corrected chi connectivity index (χ1v) is 5.64. The molecule has 0 fully saturated rings. The molecule has 1 atom stereocenters. The number of carbonyl (C=O) groups is 1. The Morgan fingerprint density at radius 1 is 1.31 bits per heavy atom. The van der Waals surface area contributed by atoms with Crippen LogP contribution in [0.1, 0.15) is 48.7 Å². The molecule has 0 spiro atoms. The summed E-state index contributed by atoms with van der Waals surface area (Å²) in [6.45, 7) is 4.17. The van der Waals surface area contributed by atoms with Crippen molar-refractivity contribution in [2.75, 3.05) is 6.61 Å². The van der Waals surface area contributed by atoms with Crippen molar-refractivity contribution in [3.8, 4) is 0 Å². The standard InChI is InChI=1S/C13H18O3/c1-3-5-12(14)10-6-8-11(9-7-10)13(15)16-4-2/h6-9,12,14H,3-5H2,1-2H3/t12-/m0/s1. The van der Waals surface area contributed by atoms with Gasteiger partial charge in [-0.15, -0.1) is 0 Å². The van der Waals surface area contributed by atoms with E-state index >= 15 is 0 Å². The summed E-state index contributed by atoms with van der Waals surface area (Å²) < 4.78 is 4.87. The van der Waals surface area contributed by atoms with E-state index in [4.69, 9.17) is 4.74 Å². The maximum absolute atomic E-state index is 11.4. The van der Waals surface area contributed by atoms with E-state index < -0.39 is 6.10 Å². The summed E-state index contributed by atoms with van der Waals surface area (Å²) in [5.41, 5.74) is 1.36. The average Bonchev–Trinajstić information content (AvgIpc) is 2.30. The molecule has 0 saturated heterocycles. The fourth-order valence-electron chi connectivity index (χ4n) is 1.50.